The zero-order valence-electron chi connectivity index (χ0n) is 12.6. The summed E-state index contributed by atoms with van der Waals surface area (Å²) in [5, 5.41) is 2.90. The summed E-state index contributed by atoms with van der Waals surface area (Å²) in [6, 6.07) is 5.68. The minimum Gasteiger partial charge on any atom is -0.325 e. The van der Waals surface area contributed by atoms with Crippen molar-refractivity contribution in [3.63, 3.8) is 0 Å². The summed E-state index contributed by atoms with van der Waals surface area (Å²) in [6.07, 6.45) is 1.54. The fraction of sp³-hybridized carbons (Fsp3) is 0.500. The van der Waals surface area contributed by atoms with E-state index in [0.29, 0.717) is 6.42 Å². The number of carbonyl (C=O) groups is 2. The predicted octanol–water partition coefficient (Wildman–Crippen LogP) is 3.48. The van der Waals surface area contributed by atoms with Crippen LogP contribution in [0.15, 0.2) is 18.2 Å². The Balaban J connectivity index is 2.12. The third-order valence-electron chi connectivity index (χ3n) is 3.66. The number of alkyl halides is 1. The van der Waals surface area contributed by atoms with Crippen LogP contribution >= 0.6 is 15.9 Å². The zero-order chi connectivity index (χ0) is 15.6. The van der Waals surface area contributed by atoms with Crippen molar-refractivity contribution in [2.75, 3.05) is 16.8 Å². The molecular formula is C16H21BrN2O2. The first-order valence-corrected chi connectivity index (χ1v) is 8.17. The van der Waals surface area contributed by atoms with E-state index in [4.69, 9.17) is 0 Å². The van der Waals surface area contributed by atoms with Crippen molar-refractivity contribution >= 4 is 39.1 Å². The van der Waals surface area contributed by atoms with Gasteiger partial charge in [0.25, 0.3) is 0 Å². The molecule has 0 aliphatic carbocycles. The molecule has 2 rings (SSSR count). The van der Waals surface area contributed by atoms with Crippen LogP contribution in [-0.4, -0.2) is 23.2 Å². The molecular weight excluding hydrogens is 332 g/mol. The number of benzene rings is 1. The van der Waals surface area contributed by atoms with Crippen molar-refractivity contribution in [1.29, 1.82) is 0 Å². The van der Waals surface area contributed by atoms with Gasteiger partial charge >= 0.3 is 0 Å². The second-order valence-electron chi connectivity index (χ2n) is 5.79. The number of hydrogen-bond acceptors (Lipinski definition) is 2. The maximum absolute atomic E-state index is 12.0. The molecule has 1 heterocycles. The van der Waals surface area contributed by atoms with E-state index in [0.717, 1.165) is 29.9 Å². The fourth-order valence-electron chi connectivity index (χ4n) is 2.45. The minimum absolute atomic E-state index is 0.0469. The van der Waals surface area contributed by atoms with Crippen LogP contribution in [0.2, 0.25) is 0 Å². The number of nitrogens with one attached hydrogen (secondary N) is 1. The highest BCUT2D eigenvalue weighted by Crippen LogP contribution is 2.27. The summed E-state index contributed by atoms with van der Waals surface area (Å²) in [6.45, 7) is 6.73. The number of carbonyl (C=O) groups excluding carboxylic acids is 2. The topological polar surface area (TPSA) is 49.4 Å². The molecule has 1 saturated heterocycles. The maximum atomic E-state index is 12.0. The lowest BCUT2D eigenvalue weighted by molar-refractivity contribution is -0.117. The molecule has 0 saturated carbocycles. The van der Waals surface area contributed by atoms with Crippen molar-refractivity contribution < 1.29 is 9.59 Å². The van der Waals surface area contributed by atoms with Gasteiger partial charge in [-0.3, -0.25) is 9.59 Å². The standard InChI is InChI=1S/C16H21BrN2O2/c1-10(2)15(17)16(21)18-12-6-7-13(11(3)9-12)19-8-4-5-14(19)20/h6-7,9-10,15H,4-5,8H2,1-3H3,(H,18,21). The fourth-order valence-corrected chi connectivity index (χ4v) is 2.57. The van der Waals surface area contributed by atoms with Crippen LogP contribution in [0.1, 0.15) is 32.3 Å². The van der Waals surface area contributed by atoms with E-state index in [-0.39, 0.29) is 22.6 Å². The minimum atomic E-state index is -0.211. The molecule has 1 aliphatic heterocycles. The Kier molecular flexibility index (Phi) is 5.04. The molecule has 1 aromatic carbocycles. The Morgan fingerprint density at radius 1 is 1.38 bits per heavy atom. The van der Waals surface area contributed by atoms with Gasteiger partial charge in [-0.1, -0.05) is 29.8 Å². The predicted molar refractivity (Wildman–Crippen MR) is 88.9 cm³/mol. The third-order valence-corrected chi connectivity index (χ3v) is 5.14. The van der Waals surface area contributed by atoms with Crippen LogP contribution in [-0.2, 0) is 9.59 Å². The molecule has 1 unspecified atom stereocenters. The molecule has 5 heteroatoms. The van der Waals surface area contributed by atoms with Gasteiger partial charge in [0.15, 0.2) is 0 Å². The molecule has 2 amide bonds. The highest BCUT2D eigenvalue weighted by atomic mass is 79.9. The van der Waals surface area contributed by atoms with Gasteiger partial charge in [0.1, 0.15) is 0 Å². The van der Waals surface area contributed by atoms with Gasteiger partial charge < -0.3 is 10.2 Å². The first-order chi connectivity index (χ1) is 9.90. The molecule has 0 spiro atoms. The Bertz CT molecular complexity index is 557. The van der Waals surface area contributed by atoms with Gasteiger partial charge in [0.05, 0.1) is 4.83 Å². The smallest absolute Gasteiger partial charge is 0.238 e. The number of hydrogen-bond donors (Lipinski definition) is 1. The van der Waals surface area contributed by atoms with Crippen LogP contribution in [0, 0.1) is 12.8 Å². The van der Waals surface area contributed by atoms with Crippen molar-refractivity contribution in [2.24, 2.45) is 5.92 Å². The maximum Gasteiger partial charge on any atom is 0.238 e. The number of halogens is 1. The average molecular weight is 353 g/mol. The highest BCUT2D eigenvalue weighted by Gasteiger charge is 2.23. The molecule has 1 aromatic rings. The van der Waals surface area contributed by atoms with E-state index in [1.807, 2.05) is 43.9 Å². The van der Waals surface area contributed by atoms with E-state index in [1.54, 1.807) is 0 Å². The number of anilines is 2. The molecule has 114 valence electrons. The van der Waals surface area contributed by atoms with E-state index in [9.17, 15) is 9.59 Å². The number of nitrogens with zero attached hydrogens (tertiary/aromatic N) is 1. The largest absolute Gasteiger partial charge is 0.325 e. The van der Waals surface area contributed by atoms with Crippen LogP contribution in [0.4, 0.5) is 11.4 Å². The Morgan fingerprint density at radius 2 is 2.10 bits per heavy atom. The van der Waals surface area contributed by atoms with E-state index >= 15 is 0 Å². The van der Waals surface area contributed by atoms with Crippen molar-refractivity contribution in [3.05, 3.63) is 23.8 Å². The number of aryl methyl sites for hydroxylation is 1. The lowest BCUT2D eigenvalue weighted by atomic mass is 10.1. The summed E-state index contributed by atoms with van der Waals surface area (Å²) < 4.78 is 0. The van der Waals surface area contributed by atoms with E-state index in [1.165, 1.54) is 0 Å². The molecule has 0 radical (unpaired) electrons. The van der Waals surface area contributed by atoms with Gasteiger partial charge in [-0.2, -0.15) is 0 Å². The van der Waals surface area contributed by atoms with Crippen molar-refractivity contribution in [1.82, 2.24) is 0 Å². The molecule has 1 atom stereocenters. The number of rotatable bonds is 4. The second kappa shape index (κ2) is 6.60. The summed E-state index contributed by atoms with van der Waals surface area (Å²) in [5.74, 6) is 0.359. The quantitative estimate of drug-likeness (QED) is 0.843. The Hall–Kier alpha value is -1.36. The van der Waals surface area contributed by atoms with Crippen molar-refractivity contribution in [2.45, 2.75) is 38.4 Å². The number of amides is 2. The molecule has 4 nitrogen and oxygen atoms in total. The van der Waals surface area contributed by atoms with Gasteiger partial charge in [-0.25, -0.2) is 0 Å². The molecule has 0 bridgehead atoms. The van der Waals surface area contributed by atoms with E-state index < -0.39 is 0 Å². The van der Waals surface area contributed by atoms with Crippen LogP contribution in [0.5, 0.6) is 0 Å². The average Bonchev–Trinajstić information content (AvgIpc) is 2.84. The van der Waals surface area contributed by atoms with Gasteiger partial charge in [-0.15, -0.1) is 0 Å². The summed E-state index contributed by atoms with van der Waals surface area (Å²) in [4.78, 5) is 25.5. The zero-order valence-corrected chi connectivity index (χ0v) is 14.2. The molecule has 1 aliphatic rings. The monoisotopic (exact) mass is 352 g/mol. The van der Waals surface area contributed by atoms with Crippen LogP contribution in [0.25, 0.3) is 0 Å². The first kappa shape index (κ1) is 16.0. The summed E-state index contributed by atoms with van der Waals surface area (Å²) >= 11 is 3.39. The van der Waals surface area contributed by atoms with Gasteiger partial charge in [0, 0.05) is 24.3 Å². The highest BCUT2D eigenvalue weighted by molar-refractivity contribution is 9.10. The normalized spacial score (nSPS) is 16.4. The van der Waals surface area contributed by atoms with E-state index in [2.05, 4.69) is 21.2 Å². The van der Waals surface area contributed by atoms with Gasteiger partial charge in [0.2, 0.25) is 11.8 Å². The summed E-state index contributed by atoms with van der Waals surface area (Å²) in [5.41, 5.74) is 2.70. The van der Waals surface area contributed by atoms with Crippen molar-refractivity contribution in [3.8, 4) is 0 Å². The second-order valence-corrected chi connectivity index (χ2v) is 6.77. The molecule has 1 fully saturated rings. The first-order valence-electron chi connectivity index (χ1n) is 7.26. The van der Waals surface area contributed by atoms with Crippen LogP contribution in [0.3, 0.4) is 0 Å². The Labute approximate surface area is 134 Å². The Morgan fingerprint density at radius 3 is 2.62 bits per heavy atom. The molecule has 1 N–H and O–H groups in total. The third kappa shape index (κ3) is 3.64. The lowest BCUT2D eigenvalue weighted by Gasteiger charge is -2.20. The van der Waals surface area contributed by atoms with Gasteiger partial charge in [-0.05, 0) is 43.0 Å². The van der Waals surface area contributed by atoms with Crippen LogP contribution < -0.4 is 10.2 Å². The lowest BCUT2D eigenvalue weighted by Crippen LogP contribution is -2.27. The summed E-state index contributed by atoms with van der Waals surface area (Å²) in [7, 11) is 0. The SMILES string of the molecule is Cc1cc(NC(=O)C(Br)C(C)C)ccc1N1CCCC1=O. The molecule has 0 aromatic heterocycles. The molecule has 21 heavy (non-hydrogen) atoms.